The van der Waals surface area contributed by atoms with Crippen molar-refractivity contribution in [1.82, 2.24) is 10.3 Å². The number of amides is 1. The number of methoxy groups -OCH3 is 2. The Balaban J connectivity index is 1.51. The van der Waals surface area contributed by atoms with Crippen LogP contribution in [0.1, 0.15) is 17.9 Å². The Hall–Kier alpha value is -3.28. The van der Waals surface area contributed by atoms with E-state index in [0.29, 0.717) is 31.0 Å². The number of benzene rings is 2. The highest BCUT2D eigenvalue weighted by molar-refractivity contribution is 5.76. The molecule has 1 heterocycles. The minimum absolute atomic E-state index is 0.0647. The van der Waals surface area contributed by atoms with Crippen LogP contribution < -0.4 is 14.8 Å². The maximum absolute atomic E-state index is 12.1. The smallest absolute Gasteiger partial charge is 0.220 e. The van der Waals surface area contributed by atoms with Crippen LogP contribution in [0.4, 0.5) is 0 Å². The Morgan fingerprint density at radius 2 is 1.85 bits per heavy atom. The Bertz CT molecular complexity index is 887. The van der Waals surface area contributed by atoms with Crippen LogP contribution in [0.2, 0.25) is 0 Å². The van der Waals surface area contributed by atoms with Crippen molar-refractivity contribution in [2.45, 2.75) is 19.4 Å². The minimum Gasteiger partial charge on any atom is -0.497 e. The molecule has 0 saturated carbocycles. The lowest BCUT2D eigenvalue weighted by Gasteiger charge is -2.09. The van der Waals surface area contributed by atoms with Crippen molar-refractivity contribution in [1.29, 1.82) is 0 Å². The maximum atomic E-state index is 12.1. The zero-order valence-corrected chi connectivity index (χ0v) is 15.4. The number of oxazole rings is 1. The molecule has 1 aromatic heterocycles. The second-order valence-corrected chi connectivity index (χ2v) is 5.94. The van der Waals surface area contributed by atoms with Crippen molar-refractivity contribution in [2.24, 2.45) is 0 Å². The standard InChI is InChI=1S/C21H22N2O4/c1-25-17-9-7-15(8-10-17)19-14-23-21(27-19)12-11-20(24)22-13-16-5-3-4-6-18(16)26-2/h3-10,14H,11-13H2,1-2H3,(H,22,24). The van der Waals surface area contributed by atoms with Gasteiger partial charge in [-0.15, -0.1) is 0 Å². The van der Waals surface area contributed by atoms with Gasteiger partial charge in [-0.2, -0.15) is 0 Å². The number of carbonyl (C=O) groups is 1. The fraction of sp³-hybridized carbons (Fsp3) is 0.238. The molecule has 0 aliphatic heterocycles. The number of aryl methyl sites for hydroxylation is 1. The van der Waals surface area contributed by atoms with E-state index >= 15 is 0 Å². The van der Waals surface area contributed by atoms with E-state index in [9.17, 15) is 4.79 Å². The number of carbonyl (C=O) groups excluding carboxylic acids is 1. The molecule has 0 bridgehead atoms. The SMILES string of the molecule is COc1ccc(-c2cnc(CCC(=O)NCc3ccccc3OC)o2)cc1. The quantitative estimate of drug-likeness (QED) is 0.659. The lowest BCUT2D eigenvalue weighted by atomic mass is 10.2. The molecule has 0 atom stereocenters. The molecule has 3 rings (SSSR count). The van der Waals surface area contributed by atoms with Crippen LogP contribution in [-0.4, -0.2) is 25.1 Å². The summed E-state index contributed by atoms with van der Waals surface area (Å²) in [4.78, 5) is 16.4. The number of hydrogen-bond donors (Lipinski definition) is 1. The second kappa shape index (κ2) is 8.89. The van der Waals surface area contributed by atoms with E-state index in [0.717, 1.165) is 22.6 Å². The molecule has 140 valence electrons. The van der Waals surface area contributed by atoms with E-state index in [1.807, 2.05) is 48.5 Å². The molecule has 0 aliphatic carbocycles. The van der Waals surface area contributed by atoms with Gasteiger partial charge in [-0.1, -0.05) is 18.2 Å². The summed E-state index contributed by atoms with van der Waals surface area (Å²) in [7, 11) is 3.24. The molecule has 0 radical (unpaired) electrons. The maximum Gasteiger partial charge on any atom is 0.220 e. The highest BCUT2D eigenvalue weighted by atomic mass is 16.5. The molecule has 0 unspecified atom stereocenters. The van der Waals surface area contributed by atoms with Crippen molar-refractivity contribution in [3.8, 4) is 22.8 Å². The molecule has 0 fully saturated rings. The third-order valence-corrected chi connectivity index (χ3v) is 4.16. The fourth-order valence-electron chi connectivity index (χ4n) is 2.67. The van der Waals surface area contributed by atoms with Gasteiger partial charge in [0.15, 0.2) is 11.7 Å². The number of hydrogen-bond acceptors (Lipinski definition) is 5. The van der Waals surface area contributed by atoms with Crippen molar-refractivity contribution in [3.05, 3.63) is 66.2 Å². The summed E-state index contributed by atoms with van der Waals surface area (Å²) in [5.41, 5.74) is 1.85. The molecule has 2 aromatic carbocycles. The van der Waals surface area contributed by atoms with E-state index in [2.05, 4.69) is 10.3 Å². The molecule has 1 N–H and O–H groups in total. The number of aromatic nitrogens is 1. The number of nitrogens with one attached hydrogen (secondary N) is 1. The molecule has 27 heavy (non-hydrogen) atoms. The monoisotopic (exact) mass is 366 g/mol. The van der Waals surface area contributed by atoms with Crippen LogP contribution >= 0.6 is 0 Å². The van der Waals surface area contributed by atoms with Gasteiger partial charge in [0, 0.05) is 30.5 Å². The number of nitrogens with zero attached hydrogens (tertiary/aromatic N) is 1. The summed E-state index contributed by atoms with van der Waals surface area (Å²) in [6, 6.07) is 15.1. The van der Waals surface area contributed by atoms with Crippen molar-refractivity contribution in [3.63, 3.8) is 0 Å². The molecule has 3 aromatic rings. The first kappa shape index (κ1) is 18.5. The fourth-order valence-corrected chi connectivity index (χ4v) is 2.67. The van der Waals surface area contributed by atoms with Crippen LogP contribution in [0.3, 0.4) is 0 Å². The van der Waals surface area contributed by atoms with Gasteiger partial charge in [-0.25, -0.2) is 4.98 Å². The highest BCUT2D eigenvalue weighted by Gasteiger charge is 2.10. The largest absolute Gasteiger partial charge is 0.497 e. The highest BCUT2D eigenvalue weighted by Crippen LogP contribution is 2.23. The van der Waals surface area contributed by atoms with Gasteiger partial charge in [0.25, 0.3) is 0 Å². The van der Waals surface area contributed by atoms with Crippen LogP contribution in [0.25, 0.3) is 11.3 Å². The van der Waals surface area contributed by atoms with E-state index < -0.39 is 0 Å². The second-order valence-electron chi connectivity index (χ2n) is 5.94. The van der Waals surface area contributed by atoms with Crippen LogP contribution in [0, 0.1) is 0 Å². The molecule has 6 heteroatoms. The van der Waals surface area contributed by atoms with Gasteiger partial charge in [-0.05, 0) is 30.3 Å². The molecular weight excluding hydrogens is 344 g/mol. The van der Waals surface area contributed by atoms with Gasteiger partial charge in [0.1, 0.15) is 11.5 Å². The third kappa shape index (κ3) is 4.88. The van der Waals surface area contributed by atoms with Gasteiger partial charge in [-0.3, -0.25) is 4.79 Å². The van der Waals surface area contributed by atoms with E-state index in [1.165, 1.54) is 0 Å². The summed E-state index contributed by atoms with van der Waals surface area (Å²) in [5.74, 6) is 2.68. The average molecular weight is 366 g/mol. The first-order valence-electron chi connectivity index (χ1n) is 8.67. The van der Waals surface area contributed by atoms with Crippen LogP contribution in [0.5, 0.6) is 11.5 Å². The Labute approximate surface area is 158 Å². The predicted molar refractivity (Wildman–Crippen MR) is 102 cm³/mol. The molecule has 0 saturated heterocycles. The zero-order chi connectivity index (χ0) is 19.1. The summed E-state index contributed by atoms with van der Waals surface area (Å²) in [6.07, 6.45) is 2.41. The lowest BCUT2D eigenvalue weighted by molar-refractivity contribution is -0.121. The minimum atomic E-state index is -0.0647. The summed E-state index contributed by atoms with van der Waals surface area (Å²) >= 11 is 0. The molecule has 6 nitrogen and oxygen atoms in total. The van der Waals surface area contributed by atoms with E-state index in [1.54, 1.807) is 20.4 Å². The van der Waals surface area contributed by atoms with Crippen molar-refractivity contribution in [2.75, 3.05) is 14.2 Å². The third-order valence-electron chi connectivity index (χ3n) is 4.16. The predicted octanol–water partition coefficient (Wildman–Crippen LogP) is 3.61. The first-order valence-corrected chi connectivity index (χ1v) is 8.67. The van der Waals surface area contributed by atoms with Crippen LogP contribution in [0.15, 0.2) is 59.1 Å². The first-order chi connectivity index (χ1) is 13.2. The zero-order valence-electron chi connectivity index (χ0n) is 15.4. The Morgan fingerprint density at radius 3 is 2.59 bits per heavy atom. The Morgan fingerprint density at radius 1 is 1.07 bits per heavy atom. The molecule has 1 amide bonds. The summed E-state index contributed by atoms with van der Waals surface area (Å²) < 4.78 is 16.2. The number of ether oxygens (including phenoxy) is 2. The van der Waals surface area contributed by atoms with Crippen molar-refractivity contribution >= 4 is 5.91 Å². The topological polar surface area (TPSA) is 73.6 Å². The molecule has 0 aliphatic rings. The Kier molecular flexibility index (Phi) is 6.10. The number of para-hydroxylation sites is 1. The van der Waals surface area contributed by atoms with Crippen molar-refractivity contribution < 1.29 is 18.7 Å². The van der Waals surface area contributed by atoms with Gasteiger partial charge in [0.2, 0.25) is 5.91 Å². The molecular formula is C21H22N2O4. The normalized spacial score (nSPS) is 10.4. The van der Waals surface area contributed by atoms with Gasteiger partial charge < -0.3 is 19.2 Å². The van der Waals surface area contributed by atoms with E-state index in [-0.39, 0.29) is 5.91 Å². The number of rotatable bonds is 8. The lowest BCUT2D eigenvalue weighted by Crippen LogP contribution is -2.23. The summed E-state index contributed by atoms with van der Waals surface area (Å²) in [5, 5.41) is 2.89. The van der Waals surface area contributed by atoms with Gasteiger partial charge in [0.05, 0.1) is 20.4 Å². The van der Waals surface area contributed by atoms with Crippen LogP contribution in [-0.2, 0) is 17.8 Å². The van der Waals surface area contributed by atoms with Gasteiger partial charge >= 0.3 is 0 Å². The summed E-state index contributed by atoms with van der Waals surface area (Å²) in [6.45, 7) is 0.422. The van der Waals surface area contributed by atoms with E-state index in [4.69, 9.17) is 13.9 Å². The average Bonchev–Trinajstić information content (AvgIpc) is 3.20. The molecule has 0 spiro atoms.